The lowest BCUT2D eigenvalue weighted by Gasteiger charge is -2.30. The lowest BCUT2D eigenvalue weighted by atomic mass is 10.00. The maximum atomic E-state index is 11.4. The van der Waals surface area contributed by atoms with E-state index in [2.05, 4.69) is 32.0 Å². The van der Waals surface area contributed by atoms with Crippen LogP contribution >= 0.6 is 23.5 Å². The molecule has 4 heteroatoms. The van der Waals surface area contributed by atoms with E-state index < -0.39 is 0 Å². The van der Waals surface area contributed by atoms with Crippen LogP contribution in [0.4, 0.5) is 0 Å². The second-order valence-electron chi connectivity index (χ2n) is 5.61. The largest absolute Gasteiger partial charge is 0.468 e. The summed E-state index contributed by atoms with van der Waals surface area (Å²) in [6.45, 7) is 4.32. The van der Waals surface area contributed by atoms with Crippen molar-refractivity contribution in [3.8, 4) is 0 Å². The van der Waals surface area contributed by atoms with Crippen molar-refractivity contribution in [2.24, 2.45) is 0 Å². The van der Waals surface area contributed by atoms with E-state index in [1.165, 1.54) is 48.8 Å². The van der Waals surface area contributed by atoms with Gasteiger partial charge in [-0.25, -0.2) is 0 Å². The molecule has 1 aromatic rings. The number of hydrogen-bond donors (Lipinski definition) is 0. The molecule has 2 unspecified atom stereocenters. The number of methoxy groups -OCH3 is 1. The molecule has 0 N–H and O–H groups in total. The summed E-state index contributed by atoms with van der Waals surface area (Å²) in [4.78, 5) is 12.7. The monoisotopic (exact) mass is 324 g/mol. The molecule has 1 aliphatic rings. The molecule has 116 valence electrons. The summed E-state index contributed by atoms with van der Waals surface area (Å²) in [5.74, 6) is 0.367. The zero-order valence-electron chi connectivity index (χ0n) is 13.1. The number of esters is 1. The highest BCUT2D eigenvalue weighted by molar-refractivity contribution is 8.04. The summed E-state index contributed by atoms with van der Waals surface area (Å²) in [6, 6.07) is 6.72. The zero-order chi connectivity index (χ0) is 15.2. The van der Waals surface area contributed by atoms with E-state index in [1.807, 2.05) is 11.8 Å². The highest BCUT2D eigenvalue weighted by Gasteiger charge is 2.27. The van der Waals surface area contributed by atoms with Crippen LogP contribution in [0, 0.1) is 13.8 Å². The van der Waals surface area contributed by atoms with E-state index in [4.69, 9.17) is 4.74 Å². The summed E-state index contributed by atoms with van der Waals surface area (Å²) >= 11 is 3.75. The van der Waals surface area contributed by atoms with Crippen LogP contribution in [0.15, 0.2) is 23.1 Å². The fraction of sp³-hybridized carbons (Fsp3) is 0.588. The molecule has 0 aromatic heterocycles. The number of thioether (sulfide) groups is 2. The summed E-state index contributed by atoms with van der Waals surface area (Å²) in [5, 5.41) is 1.17. The first kappa shape index (κ1) is 16.8. The van der Waals surface area contributed by atoms with Gasteiger partial charge in [-0.15, -0.1) is 23.5 Å². The summed E-state index contributed by atoms with van der Waals surface area (Å²) in [6.07, 6.45) is 5.04. The minimum Gasteiger partial charge on any atom is -0.468 e. The Morgan fingerprint density at radius 3 is 2.57 bits per heavy atom. The molecule has 0 spiro atoms. The molecule has 1 saturated carbocycles. The Bertz CT molecular complexity index is 488. The molecule has 2 rings (SSSR count). The molecule has 21 heavy (non-hydrogen) atoms. The van der Waals surface area contributed by atoms with E-state index in [0.717, 1.165) is 0 Å². The van der Waals surface area contributed by atoms with Crippen molar-refractivity contribution in [1.29, 1.82) is 0 Å². The number of aryl methyl sites for hydroxylation is 2. The number of hydrogen-bond acceptors (Lipinski definition) is 4. The molecule has 0 heterocycles. The van der Waals surface area contributed by atoms with Gasteiger partial charge in [0.1, 0.15) is 0 Å². The molecule has 1 aromatic carbocycles. The predicted molar refractivity (Wildman–Crippen MR) is 92.3 cm³/mol. The van der Waals surface area contributed by atoms with Crippen LogP contribution in [0.5, 0.6) is 0 Å². The van der Waals surface area contributed by atoms with Gasteiger partial charge in [0, 0.05) is 15.4 Å². The van der Waals surface area contributed by atoms with Gasteiger partial charge in [-0.2, -0.15) is 0 Å². The van der Waals surface area contributed by atoms with Crippen LogP contribution < -0.4 is 0 Å². The van der Waals surface area contributed by atoms with Gasteiger partial charge < -0.3 is 4.74 Å². The Hall–Kier alpha value is -0.610. The number of carbonyl (C=O) groups is 1. The fourth-order valence-corrected chi connectivity index (χ4v) is 5.45. The number of rotatable bonds is 5. The average Bonchev–Trinajstić information content (AvgIpc) is 2.49. The smallest absolute Gasteiger partial charge is 0.315 e. The first-order valence-electron chi connectivity index (χ1n) is 7.52. The molecule has 0 amide bonds. The molecule has 1 aliphatic carbocycles. The SMILES string of the molecule is COC(=O)CSC1CCCCC1Sc1ccc(C)c(C)c1. The van der Waals surface area contributed by atoms with E-state index in [1.54, 1.807) is 11.8 Å². The van der Waals surface area contributed by atoms with Crippen LogP contribution in [0.1, 0.15) is 36.8 Å². The maximum Gasteiger partial charge on any atom is 0.315 e. The lowest BCUT2D eigenvalue weighted by molar-refractivity contribution is -0.137. The third-order valence-corrected chi connectivity index (χ3v) is 7.01. The standard InChI is InChI=1S/C17H24O2S2/c1-12-8-9-14(10-13(12)2)21-16-7-5-4-6-15(16)20-11-17(18)19-3/h8-10,15-16H,4-7,11H2,1-3H3. The van der Waals surface area contributed by atoms with Gasteiger partial charge in [-0.3, -0.25) is 4.79 Å². The van der Waals surface area contributed by atoms with E-state index in [9.17, 15) is 4.79 Å². The van der Waals surface area contributed by atoms with Gasteiger partial charge in [0.15, 0.2) is 0 Å². The van der Waals surface area contributed by atoms with Crippen molar-refractivity contribution in [3.63, 3.8) is 0 Å². The molecule has 0 aliphatic heterocycles. The number of carbonyl (C=O) groups excluding carboxylic acids is 1. The maximum absolute atomic E-state index is 11.4. The first-order valence-corrected chi connectivity index (χ1v) is 9.45. The Balaban J connectivity index is 1.97. The molecule has 2 atom stereocenters. The van der Waals surface area contributed by atoms with Crippen LogP contribution in [0.25, 0.3) is 0 Å². The molecule has 0 saturated heterocycles. The minimum absolute atomic E-state index is 0.111. The predicted octanol–water partition coefficient (Wildman–Crippen LogP) is 4.61. The van der Waals surface area contributed by atoms with Crippen molar-refractivity contribution < 1.29 is 9.53 Å². The van der Waals surface area contributed by atoms with Gasteiger partial charge in [0.25, 0.3) is 0 Å². The van der Waals surface area contributed by atoms with Gasteiger partial charge in [0.2, 0.25) is 0 Å². The zero-order valence-corrected chi connectivity index (χ0v) is 14.7. The van der Waals surface area contributed by atoms with Gasteiger partial charge in [-0.1, -0.05) is 18.9 Å². The molecular weight excluding hydrogens is 300 g/mol. The van der Waals surface area contributed by atoms with Gasteiger partial charge >= 0.3 is 5.97 Å². The second-order valence-corrected chi connectivity index (χ2v) is 8.15. The lowest BCUT2D eigenvalue weighted by Crippen LogP contribution is -2.25. The van der Waals surface area contributed by atoms with E-state index in [0.29, 0.717) is 16.3 Å². The van der Waals surface area contributed by atoms with Crippen molar-refractivity contribution in [2.45, 2.75) is 54.9 Å². The van der Waals surface area contributed by atoms with Crippen LogP contribution in [-0.2, 0) is 9.53 Å². The quantitative estimate of drug-likeness (QED) is 0.739. The van der Waals surface area contributed by atoms with Crippen molar-refractivity contribution >= 4 is 29.5 Å². The topological polar surface area (TPSA) is 26.3 Å². The Labute approximate surface area is 136 Å². The highest BCUT2D eigenvalue weighted by Crippen LogP contribution is 2.39. The molecule has 0 radical (unpaired) electrons. The van der Waals surface area contributed by atoms with Crippen molar-refractivity contribution in [1.82, 2.24) is 0 Å². The van der Waals surface area contributed by atoms with Crippen LogP contribution in [0.3, 0.4) is 0 Å². The Morgan fingerprint density at radius 2 is 1.90 bits per heavy atom. The molecule has 0 bridgehead atoms. The molecule has 2 nitrogen and oxygen atoms in total. The van der Waals surface area contributed by atoms with E-state index >= 15 is 0 Å². The first-order chi connectivity index (χ1) is 10.1. The van der Waals surface area contributed by atoms with E-state index in [-0.39, 0.29) is 5.97 Å². The normalized spacial score (nSPS) is 22.0. The van der Waals surface area contributed by atoms with Crippen molar-refractivity contribution in [2.75, 3.05) is 12.9 Å². The summed E-state index contributed by atoms with van der Waals surface area (Å²) in [7, 11) is 1.46. The van der Waals surface area contributed by atoms with Gasteiger partial charge in [0.05, 0.1) is 12.9 Å². The summed E-state index contributed by atoms with van der Waals surface area (Å²) < 4.78 is 4.76. The summed E-state index contributed by atoms with van der Waals surface area (Å²) in [5.41, 5.74) is 2.70. The van der Waals surface area contributed by atoms with Gasteiger partial charge in [-0.05, 0) is 49.9 Å². The fourth-order valence-electron chi connectivity index (χ4n) is 2.58. The van der Waals surface area contributed by atoms with Crippen LogP contribution in [0.2, 0.25) is 0 Å². The Morgan fingerprint density at radius 1 is 1.19 bits per heavy atom. The Kier molecular flexibility index (Phi) is 6.49. The third kappa shape index (κ3) is 4.96. The third-order valence-electron chi connectivity index (χ3n) is 4.05. The average molecular weight is 325 g/mol. The number of benzene rings is 1. The van der Waals surface area contributed by atoms with Crippen molar-refractivity contribution in [3.05, 3.63) is 29.3 Å². The molecule has 1 fully saturated rings. The highest BCUT2D eigenvalue weighted by atomic mass is 32.2. The molecular formula is C17H24O2S2. The number of ether oxygens (including phenoxy) is 1. The van der Waals surface area contributed by atoms with Crippen LogP contribution in [-0.4, -0.2) is 29.3 Å². The second kappa shape index (κ2) is 8.14. The minimum atomic E-state index is -0.111.